The minimum absolute atomic E-state index is 0.0934. The molecule has 0 unspecified atom stereocenters. The number of hydrogen-bond donors (Lipinski definition) is 1. The number of aromatic nitrogens is 1. The Kier molecular flexibility index (Phi) is 4.04. The van der Waals surface area contributed by atoms with Crippen LogP contribution in [0.3, 0.4) is 0 Å². The third-order valence-electron chi connectivity index (χ3n) is 2.56. The molecule has 0 aliphatic rings. The van der Waals surface area contributed by atoms with Gasteiger partial charge in [-0.3, -0.25) is 0 Å². The van der Waals surface area contributed by atoms with Crippen LogP contribution in [0.5, 0.6) is 0 Å². The summed E-state index contributed by atoms with van der Waals surface area (Å²) < 4.78 is 38.3. The van der Waals surface area contributed by atoms with Gasteiger partial charge in [-0.1, -0.05) is 34.8 Å². The number of halogens is 6. The van der Waals surface area contributed by atoms with E-state index in [4.69, 9.17) is 40.5 Å². The van der Waals surface area contributed by atoms with E-state index in [-0.39, 0.29) is 26.2 Å². The largest absolute Gasteiger partial charge is 0.435 e. The number of nitrogen functional groups attached to an aromatic ring is 1. The number of nitrogens with two attached hydrogens (primary N) is 1. The summed E-state index contributed by atoms with van der Waals surface area (Å²) in [4.78, 5) is 3.25. The summed E-state index contributed by atoms with van der Waals surface area (Å²) in [6, 6.07) is 4.03. The second kappa shape index (κ2) is 5.31. The van der Waals surface area contributed by atoms with Crippen molar-refractivity contribution >= 4 is 40.5 Å². The van der Waals surface area contributed by atoms with Crippen LogP contribution in [0.4, 0.5) is 18.9 Å². The molecule has 0 fully saturated rings. The molecule has 0 spiro atoms. The van der Waals surface area contributed by atoms with Crippen molar-refractivity contribution in [1.29, 1.82) is 0 Å². The van der Waals surface area contributed by atoms with Crippen LogP contribution in [0.1, 0.15) is 5.69 Å². The van der Waals surface area contributed by atoms with E-state index in [0.29, 0.717) is 0 Å². The van der Waals surface area contributed by atoms with Crippen LogP contribution in [0.25, 0.3) is 11.1 Å². The second-order valence-electron chi connectivity index (χ2n) is 3.86. The Labute approximate surface area is 127 Å². The molecule has 8 heteroatoms. The van der Waals surface area contributed by atoms with Gasteiger partial charge >= 0.3 is 6.18 Å². The average molecular weight is 342 g/mol. The fraction of sp³-hybridized carbons (Fsp3) is 0.0833. The summed E-state index contributed by atoms with van der Waals surface area (Å²) >= 11 is 17.6. The first-order chi connectivity index (χ1) is 9.21. The standard InChI is InChI=1S/C12H6Cl3F3N2/c13-7-4-9(15)8(14)3-6(7)5-1-2-20-11(10(5)19)12(16,17)18/h1-4H,19H2. The van der Waals surface area contributed by atoms with Crippen LogP contribution in [-0.2, 0) is 6.18 Å². The van der Waals surface area contributed by atoms with Gasteiger partial charge < -0.3 is 5.73 Å². The van der Waals surface area contributed by atoms with Crippen LogP contribution in [-0.4, -0.2) is 4.98 Å². The van der Waals surface area contributed by atoms with Gasteiger partial charge in [0.25, 0.3) is 0 Å². The molecule has 0 atom stereocenters. The highest BCUT2D eigenvalue weighted by Crippen LogP contribution is 2.41. The monoisotopic (exact) mass is 340 g/mol. The minimum atomic E-state index is -4.65. The molecule has 1 aromatic carbocycles. The molecular weight excluding hydrogens is 335 g/mol. The molecule has 0 saturated carbocycles. The van der Waals surface area contributed by atoms with Crippen molar-refractivity contribution in [2.75, 3.05) is 5.73 Å². The smallest absolute Gasteiger partial charge is 0.396 e. The molecule has 106 valence electrons. The molecule has 1 aromatic heterocycles. The van der Waals surface area contributed by atoms with E-state index in [0.717, 1.165) is 6.20 Å². The van der Waals surface area contributed by atoms with E-state index in [1.807, 2.05) is 0 Å². The van der Waals surface area contributed by atoms with Crippen molar-refractivity contribution in [3.8, 4) is 11.1 Å². The van der Waals surface area contributed by atoms with E-state index in [1.54, 1.807) is 0 Å². The lowest BCUT2D eigenvalue weighted by atomic mass is 10.0. The Balaban J connectivity index is 2.69. The van der Waals surface area contributed by atoms with Crippen molar-refractivity contribution < 1.29 is 13.2 Å². The first kappa shape index (κ1) is 15.2. The molecule has 0 radical (unpaired) electrons. The zero-order chi connectivity index (χ0) is 15.1. The molecule has 2 nitrogen and oxygen atoms in total. The van der Waals surface area contributed by atoms with E-state index < -0.39 is 17.6 Å². The molecule has 0 saturated heterocycles. The van der Waals surface area contributed by atoms with Crippen molar-refractivity contribution in [3.63, 3.8) is 0 Å². The maximum absolute atomic E-state index is 12.8. The number of hydrogen-bond acceptors (Lipinski definition) is 2. The number of benzene rings is 1. The van der Waals surface area contributed by atoms with Crippen molar-refractivity contribution in [1.82, 2.24) is 4.98 Å². The second-order valence-corrected chi connectivity index (χ2v) is 5.09. The van der Waals surface area contributed by atoms with E-state index in [1.165, 1.54) is 18.2 Å². The van der Waals surface area contributed by atoms with E-state index in [9.17, 15) is 13.2 Å². The van der Waals surface area contributed by atoms with E-state index in [2.05, 4.69) is 4.98 Å². The van der Waals surface area contributed by atoms with Crippen LogP contribution < -0.4 is 5.73 Å². The lowest BCUT2D eigenvalue weighted by Crippen LogP contribution is -2.12. The number of pyridine rings is 1. The summed E-state index contributed by atoms with van der Waals surface area (Å²) in [5, 5.41) is 0.505. The molecule has 0 amide bonds. The first-order valence-corrected chi connectivity index (χ1v) is 6.31. The van der Waals surface area contributed by atoms with E-state index >= 15 is 0 Å². The van der Waals surface area contributed by atoms with Crippen molar-refractivity contribution in [2.45, 2.75) is 6.18 Å². The summed E-state index contributed by atoms with van der Waals surface area (Å²) in [7, 11) is 0. The zero-order valence-corrected chi connectivity index (χ0v) is 11.9. The SMILES string of the molecule is Nc1c(-c2cc(Cl)c(Cl)cc2Cl)ccnc1C(F)(F)F. The van der Waals surface area contributed by atoms with Crippen molar-refractivity contribution in [2.24, 2.45) is 0 Å². The topological polar surface area (TPSA) is 38.9 Å². The number of alkyl halides is 3. The molecule has 2 aromatic rings. The maximum atomic E-state index is 12.8. The lowest BCUT2D eigenvalue weighted by molar-refractivity contribution is -0.140. The molecular formula is C12H6Cl3F3N2. The van der Waals surface area contributed by atoms with Gasteiger partial charge in [-0.25, -0.2) is 4.98 Å². The highest BCUT2D eigenvalue weighted by molar-refractivity contribution is 6.44. The zero-order valence-electron chi connectivity index (χ0n) is 9.60. The Morgan fingerprint density at radius 1 is 0.950 bits per heavy atom. The van der Waals surface area contributed by atoms with Crippen molar-refractivity contribution in [3.05, 3.63) is 45.2 Å². The summed E-state index contributed by atoms with van der Waals surface area (Å²) in [5.74, 6) is 0. The molecule has 20 heavy (non-hydrogen) atoms. The Morgan fingerprint density at radius 3 is 2.15 bits per heavy atom. The van der Waals surface area contributed by atoms with Crippen LogP contribution in [0.2, 0.25) is 15.1 Å². The normalized spacial score (nSPS) is 11.7. The third kappa shape index (κ3) is 2.80. The summed E-state index contributed by atoms with van der Waals surface area (Å²) in [6.07, 6.45) is -3.64. The molecule has 0 aliphatic heterocycles. The number of rotatable bonds is 1. The lowest BCUT2D eigenvalue weighted by Gasteiger charge is -2.14. The molecule has 1 heterocycles. The van der Waals surface area contributed by atoms with Gasteiger partial charge in [-0.2, -0.15) is 13.2 Å². The van der Waals surface area contributed by atoms with Gasteiger partial charge in [-0.15, -0.1) is 0 Å². The van der Waals surface area contributed by atoms with Crippen LogP contribution >= 0.6 is 34.8 Å². The molecule has 0 bridgehead atoms. The summed E-state index contributed by atoms with van der Waals surface area (Å²) in [6.45, 7) is 0. The minimum Gasteiger partial charge on any atom is -0.396 e. The maximum Gasteiger partial charge on any atom is 0.435 e. The first-order valence-electron chi connectivity index (χ1n) is 5.18. The fourth-order valence-electron chi connectivity index (χ4n) is 1.66. The van der Waals surface area contributed by atoms with Crippen LogP contribution in [0, 0.1) is 0 Å². The average Bonchev–Trinajstić information content (AvgIpc) is 2.33. The van der Waals surface area contributed by atoms with Gasteiger partial charge in [0.05, 0.1) is 20.8 Å². The number of nitrogens with zero attached hydrogens (tertiary/aromatic N) is 1. The van der Waals surface area contributed by atoms with Gasteiger partial charge in [0.2, 0.25) is 0 Å². The van der Waals surface area contributed by atoms with Crippen LogP contribution in [0.15, 0.2) is 24.4 Å². The van der Waals surface area contributed by atoms with Gasteiger partial charge in [0.1, 0.15) is 0 Å². The molecule has 2 N–H and O–H groups in total. The number of anilines is 1. The Morgan fingerprint density at radius 2 is 1.55 bits per heavy atom. The predicted octanol–water partition coefficient (Wildman–Crippen LogP) is 5.31. The van der Waals surface area contributed by atoms with Gasteiger partial charge in [-0.05, 0) is 18.2 Å². The highest BCUT2D eigenvalue weighted by atomic mass is 35.5. The predicted molar refractivity (Wildman–Crippen MR) is 74.1 cm³/mol. The quantitative estimate of drug-likeness (QED) is 0.714. The highest BCUT2D eigenvalue weighted by Gasteiger charge is 2.36. The Hall–Kier alpha value is -1.17. The third-order valence-corrected chi connectivity index (χ3v) is 3.59. The Bertz CT molecular complexity index is 672. The fourth-order valence-corrected chi connectivity index (χ4v) is 2.31. The summed E-state index contributed by atoms with van der Waals surface area (Å²) in [5.41, 5.74) is 4.21. The van der Waals surface area contributed by atoms with Gasteiger partial charge in [0.15, 0.2) is 5.69 Å². The molecule has 2 rings (SSSR count). The van der Waals surface area contributed by atoms with Gasteiger partial charge in [0, 0.05) is 17.3 Å². The molecule has 0 aliphatic carbocycles.